The highest BCUT2D eigenvalue weighted by Gasteiger charge is 2.32. The number of anilines is 2. The van der Waals surface area contributed by atoms with Gasteiger partial charge in [-0.15, -0.1) is 8.78 Å². The third kappa shape index (κ3) is 5.06. The molecule has 1 aliphatic heterocycles. The number of fused-ring (bicyclic) bond motifs is 1. The number of aromatic nitrogens is 2. The summed E-state index contributed by atoms with van der Waals surface area (Å²) in [5, 5.41) is 2.81. The number of amides is 1. The molecule has 1 unspecified atom stereocenters. The van der Waals surface area contributed by atoms with Crippen LogP contribution in [0.1, 0.15) is 42.6 Å². The Labute approximate surface area is 195 Å². The minimum Gasteiger partial charge on any atom is -0.420 e. The highest BCUT2D eigenvalue weighted by molar-refractivity contribution is 6.20. The third-order valence-electron chi connectivity index (χ3n) is 5.53. The lowest BCUT2D eigenvalue weighted by Gasteiger charge is -2.26. The Bertz CT molecular complexity index is 1150. The maximum absolute atomic E-state index is 13.1. The van der Waals surface area contributed by atoms with E-state index in [1.54, 1.807) is 12.4 Å². The molecule has 1 N–H and O–H groups in total. The number of nitrogens with zero attached hydrogens (tertiary/aromatic N) is 3. The van der Waals surface area contributed by atoms with Crippen molar-refractivity contribution in [1.29, 1.82) is 0 Å². The molecule has 0 saturated carbocycles. The summed E-state index contributed by atoms with van der Waals surface area (Å²) in [6.45, 7) is 7.27. The van der Waals surface area contributed by atoms with Gasteiger partial charge in [0.1, 0.15) is 12.1 Å². The molecule has 0 aliphatic carbocycles. The van der Waals surface area contributed by atoms with E-state index in [1.807, 2.05) is 12.1 Å². The summed E-state index contributed by atoms with van der Waals surface area (Å²) >= 11 is 4.79. The molecule has 1 atom stereocenters. The lowest BCUT2D eigenvalue weighted by Crippen LogP contribution is -2.29. The van der Waals surface area contributed by atoms with Gasteiger partial charge in [0.15, 0.2) is 0 Å². The molecule has 4 rings (SSSR count). The van der Waals surface area contributed by atoms with E-state index in [-0.39, 0.29) is 23.6 Å². The summed E-state index contributed by atoms with van der Waals surface area (Å²) < 4.78 is 29.9. The molecule has 0 radical (unpaired) electrons. The van der Waals surface area contributed by atoms with Gasteiger partial charge in [0.25, 0.3) is 5.91 Å². The number of hydrogen-bond donors (Lipinski definition) is 1. The van der Waals surface area contributed by atoms with E-state index < -0.39 is 5.57 Å². The predicted octanol–water partition coefficient (Wildman–Crippen LogP) is 5.90. The highest BCUT2D eigenvalue weighted by Crippen LogP contribution is 2.44. The van der Waals surface area contributed by atoms with Gasteiger partial charge in [-0.2, -0.15) is 0 Å². The number of hydrogen-bond acceptors (Lipinski definition) is 5. The Kier molecular flexibility index (Phi) is 6.21. The van der Waals surface area contributed by atoms with Crippen LogP contribution in [0.15, 0.2) is 55.1 Å². The fourth-order valence-corrected chi connectivity index (χ4v) is 4.13. The first-order chi connectivity index (χ1) is 15.6. The second-order valence-corrected chi connectivity index (χ2v) is 8.70. The average molecular weight is 473 g/mol. The minimum absolute atomic E-state index is 0.112. The van der Waals surface area contributed by atoms with Crippen molar-refractivity contribution in [2.45, 2.75) is 38.3 Å². The number of carbonyl (C=O) groups is 1. The number of benzene rings is 2. The first kappa shape index (κ1) is 22.9. The van der Waals surface area contributed by atoms with Gasteiger partial charge < -0.3 is 15.0 Å². The van der Waals surface area contributed by atoms with Gasteiger partial charge in [0.05, 0.1) is 0 Å². The van der Waals surface area contributed by atoms with Crippen LogP contribution in [0.2, 0.25) is 0 Å². The maximum Gasteiger partial charge on any atom is 0.487 e. The number of halogens is 3. The molecule has 1 aliphatic rings. The van der Waals surface area contributed by atoms with Crippen LogP contribution in [-0.2, 0) is 0 Å². The quantitative estimate of drug-likeness (QED) is 0.453. The molecule has 3 aromatic rings. The van der Waals surface area contributed by atoms with Crippen LogP contribution in [0, 0.1) is 0 Å². The Balaban J connectivity index is 1.67. The lowest BCUT2D eigenvalue weighted by atomic mass is 9.94. The van der Waals surface area contributed by atoms with Crippen molar-refractivity contribution in [3.63, 3.8) is 0 Å². The molecule has 2 heterocycles. The molecule has 6 nitrogen and oxygen atoms in total. The van der Waals surface area contributed by atoms with Gasteiger partial charge in [-0.3, -0.25) is 4.79 Å². The molecule has 9 heteroatoms. The van der Waals surface area contributed by atoms with Crippen molar-refractivity contribution >= 4 is 28.9 Å². The summed E-state index contributed by atoms with van der Waals surface area (Å²) in [6, 6.07) is 9.60. The molecule has 172 valence electrons. The molecule has 33 heavy (non-hydrogen) atoms. The van der Waals surface area contributed by atoms with E-state index in [9.17, 15) is 13.6 Å². The van der Waals surface area contributed by atoms with E-state index in [1.165, 1.54) is 30.6 Å². The predicted molar refractivity (Wildman–Crippen MR) is 124 cm³/mol. The Morgan fingerprint density at radius 1 is 1.21 bits per heavy atom. The fourth-order valence-electron chi connectivity index (χ4n) is 4.04. The van der Waals surface area contributed by atoms with Gasteiger partial charge in [-0.05, 0) is 55.8 Å². The second-order valence-electron chi connectivity index (χ2n) is 8.26. The molecule has 1 amide bonds. The summed E-state index contributed by atoms with van der Waals surface area (Å²) in [5.74, 6) is -0.186. The van der Waals surface area contributed by atoms with Crippen molar-refractivity contribution < 1.29 is 18.3 Å². The summed E-state index contributed by atoms with van der Waals surface area (Å²) in [5.41, 5.74) is 1.02. The van der Waals surface area contributed by atoms with E-state index >= 15 is 0 Å². The summed E-state index contributed by atoms with van der Waals surface area (Å²) in [7, 11) is 0. The molecule has 0 saturated heterocycles. The number of alkyl halides is 3. The fraction of sp³-hybridized carbons (Fsp3) is 0.292. The van der Waals surface area contributed by atoms with Crippen LogP contribution >= 0.6 is 11.6 Å². The van der Waals surface area contributed by atoms with E-state index in [2.05, 4.69) is 45.7 Å². The average Bonchev–Trinajstić information content (AvgIpc) is 3.11. The van der Waals surface area contributed by atoms with Gasteiger partial charge in [0.2, 0.25) is 0 Å². The minimum atomic E-state index is -3.80. The van der Waals surface area contributed by atoms with E-state index in [0.29, 0.717) is 11.3 Å². The molecule has 0 spiro atoms. The smallest absolute Gasteiger partial charge is 0.420 e. The summed E-state index contributed by atoms with van der Waals surface area (Å²) in [6.07, 6.45) is 4.94. The molecule has 0 fully saturated rings. The van der Waals surface area contributed by atoms with E-state index in [0.717, 1.165) is 28.9 Å². The first-order valence-corrected chi connectivity index (χ1v) is 10.9. The lowest BCUT2D eigenvalue weighted by molar-refractivity contribution is -0.0964. The van der Waals surface area contributed by atoms with Crippen molar-refractivity contribution in [2.75, 3.05) is 16.8 Å². The van der Waals surface area contributed by atoms with Crippen LogP contribution < -0.4 is 15.0 Å². The van der Waals surface area contributed by atoms with Crippen molar-refractivity contribution in [3.05, 3.63) is 66.2 Å². The highest BCUT2D eigenvalue weighted by atomic mass is 35.5. The maximum atomic E-state index is 13.1. The molecule has 1 aromatic heterocycles. The van der Waals surface area contributed by atoms with Crippen LogP contribution in [0.5, 0.6) is 5.75 Å². The third-order valence-corrected chi connectivity index (χ3v) is 5.61. The van der Waals surface area contributed by atoms with Crippen molar-refractivity contribution in [1.82, 2.24) is 9.97 Å². The Morgan fingerprint density at radius 2 is 1.88 bits per heavy atom. The number of nitrogens with one attached hydrogen (secondary N) is 1. The van der Waals surface area contributed by atoms with Crippen molar-refractivity contribution in [3.8, 4) is 16.9 Å². The molecular formula is C24H23ClF2N4O2. The largest absolute Gasteiger partial charge is 0.487 e. The summed E-state index contributed by atoms with van der Waals surface area (Å²) in [4.78, 5) is 23.7. The zero-order chi connectivity index (χ0) is 23.8. The van der Waals surface area contributed by atoms with Crippen molar-refractivity contribution in [2.24, 2.45) is 0 Å². The van der Waals surface area contributed by atoms with Crippen LogP contribution in [0.25, 0.3) is 11.1 Å². The Morgan fingerprint density at radius 3 is 2.48 bits per heavy atom. The first-order valence-electron chi connectivity index (χ1n) is 10.5. The number of carbonyl (C=O) groups excluding carboxylic acids is 1. The standard InChI is InChI=1S/C24H23ClF2N4O2/c1-14(2)31-12-15(3)20-8-16(9-21(22(20)31)17-10-28-13-29-11-17)23(32)30-18-4-6-19(7-5-18)33-24(25,26)27/h4-11,13-15H,12H2,1-3H3,(H,30,32). The van der Waals surface area contributed by atoms with Crippen LogP contribution in [0.4, 0.5) is 20.2 Å². The topological polar surface area (TPSA) is 67.4 Å². The molecule has 0 bridgehead atoms. The zero-order valence-electron chi connectivity index (χ0n) is 18.3. The van der Waals surface area contributed by atoms with E-state index in [4.69, 9.17) is 11.6 Å². The van der Waals surface area contributed by atoms with Gasteiger partial charge in [0, 0.05) is 70.6 Å². The Hall–Kier alpha value is -3.26. The zero-order valence-corrected chi connectivity index (χ0v) is 19.1. The van der Waals surface area contributed by atoms with Crippen LogP contribution in [-0.4, -0.2) is 34.0 Å². The number of ether oxygens (including phenoxy) is 1. The van der Waals surface area contributed by atoms with Crippen LogP contribution in [0.3, 0.4) is 0 Å². The van der Waals surface area contributed by atoms with Gasteiger partial charge >= 0.3 is 5.57 Å². The normalized spacial score (nSPS) is 15.5. The molecular weight excluding hydrogens is 450 g/mol. The van der Waals surface area contributed by atoms with Gasteiger partial charge in [-0.25, -0.2) is 9.97 Å². The number of rotatable bonds is 6. The SMILES string of the molecule is CC1CN(C(C)C)c2c(-c3cncnc3)cc(C(=O)Nc3ccc(OC(F)(F)Cl)cc3)cc21. The monoisotopic (exact) mass is 472 g/mol. The van der Waals surface area contributed by atoms with Gasteiger partial charge in [-0.1, -0.05) is 6.92 Å². The second kappa shape index (κ2) is 8.94. The molecule has 2 aromatic carbocycles.